The van der Waals surface area contributed by atoms with Crippen LogP contribution >= 0.6 is 11.5 Å². The molecule has 1 aromatic heterocycles. The maximum Gasteiger partial charge on any atom is 0.0797 e. The van der Waals surface area contributed by atoms with Crippen molar-refractivity contribution in [2.24, 2.45) is 5.84 Å². The molecule has 1 atom stereocenters. The summed E-state index contributed by atoms with van der Waals surface area (Å²) in [6.07, 6.45) is 9.88. The third-order valence-corrected chi connectivity index (χ3v) is 4.20. The molecule has 0 fully saturated rings. The molecule has 0 aromatic carbocycles. The van der Waals surface area contributed by atoms with E-state index in [-0.39, 0.29) is 6.04 Å². The minimum Gasteiger partial charge on any atom is -0.271 e. The topological polar surface area (TPSA) is 63.8 Å². The molecule has 1 unspecified atom stereocenters. The Kier molecular flexibility index (Phi) is 4.65. The highest BCUT2D eigenvalue weighted by Gasteiger charge is 2.20. The Bertz CT molecular complexity index is 386. The van der Waals surface area contributed by atoms with E-state index in [9.17, 15) is 0 Å². The second kappa shape index (κ2) is 6.23. The number of allylic oxidation sites excluding steroid dienone is 1. The van der Waals surface area contributed by atoms with Crippen molar-refractivity contribution in [3.05, 3.63) is 22.2 Å². The molecule has 0 radical (unpaired) electrons. The van der Waals surface area contributed by atoms with Crippen LogP contribution in [-0.4, -0.2) is 9.59 Å². The van der Waals surface area contributed by atoms with Gasteiger partial charge in [-0.3, -0.25) is 5.84 Å². The summed E-state index contributed by atoms with van der Waals surface area (Å²) in [4.78, 5) is 1.15. The fraction of sp³-hybridized carbons (Fsp3) is 0.667. The van der Waals surface area contributed by atoms with Crippen molar-refractivity contribution in [1.82, 2.24) is 15.0 Å². The minimum absolute atomic E-state index is 0.105. The first-order valence-electron chi connectivity index (χ1n) is 6.27. The average molecular weight is 252 g/mol. The number of aryl methyl sites for hydroxylation is 1. The SMILES string of the molecule is Cc1nnsc1C(NN)C1=CCCCCCC1. The van der Waals surface area contributed by atoms with Crippen LogP contribution in [0.4, 0.5) is 0 Å². The van der Waals surface area contributed by atoms with Crippen LogP contribution in [0.15, 0.2) is 11.6 Å². The van der Waals surface area contributed by atoms with Crippen LogP contribution < -0.4 is 11.3 Å². The first-order chi connectivity index (χ1) is 8.33. The van der Waals surface area contributed by atoms with Crippen LogP contribution in [0.25, 0.3) is 0 Å². The highest BCUT2D eigenvalue weighted by Crippen LogP contribution is 2.31. The minimum atomic E-state index is 0.105. The maximum atomic E-state index is 5.71. The summed E-state index contributed by atoms with van der Waals surface area (Å²) in [6.45, 7) is 1.99. The average Bonchev–Trinajstić information content (AvgIpc) is 2.69. The number of hydrazine groups is 1. The van der Waals surface area contributed by atoms with E-state index in [1.807, 2.05) is 6.92 Å². The van der Waals surface area contributed by atoms with E-state index in [0.29, 0.717) is 0 Å². The van der Waals surface area contributed by atoms with E-state index >= 15 is 0 Å². The lowest BCUT2D eigenvalue weighted by molar-refractivity contribution is 0.558. The van der Waals surface area contributed by atoms with Crippen LogP contribution in [0, 0.1) is 6.92 Å². The zero-order chi connectivity index (χ0) is 12.1. The largest absolute Gasteiger partial charge is 0.271 e. The number of hydrogen-bond acceptors (Lipinski definition) is 5. The summed E-state index contributed by atoms with van der Waals surface area (Å²) in [6, 6.07) is 0.105. The number of nitrogens with two attached hydrogens (primary N) is 1. The van der Waals surface area contributed by atoms with Gasteiger partial charge in [0.25, 0.3) is 0 Å². The van der Waals surface area contributed by atoms with Gasteiger partial charge in [0.1, 0.15) is 0 Å². The van der Waals surface area contributed by atoms with E-state index in [4.69, 9.17) is 5.84 Å². The van der Waals surface area contributed by atoms with Gasteiger partial charge in [0.2, 0.25) is 0 Å². The highest BCUT2D eigenvalue weighted by molar-refractivity contribution is 7.05. The molecule has 0 saturated heterocycles. The molecule has 0 bridgehead atoms. The van der Waals surface area contributed by atoms with E-state index in [2.05, 4.69) is 21.1 Å². The van der Waals surface area contributed by atoms with Gasteiger partial charge in [-0.15, -0.1) is 5.10 Å². The lowest BCUT2D eigenvalue weighted by atomic mass is 9.94. The van der Waals surface area contributed by atoms with Gasteiger partial charge in [-0.2, -0.15) is 0 Å². The van der Waals surface area contributed by atoms with Crippen molar-refractivity contribution in [3.63, 3.8) is 0 Å². The molecule has 1 heterocycles. The second-order valence-electron chi connectivity index (χ2n) is 4.55. The lowest BCUT2D eigenvalue weighted by Crippen LogP contribution is -2.29. The third kappa shape index (κ3) is 3.12. The first kappa shape index (κ1) is 12.7. The molecule has 2 rings (SSSR count). The first-order valence-corrected chi connectivity index (χ1v) is 7.04. The fourth-order valence-electron chi connectivity index (χ4n) is 2.33. The Morgan fingerprint density at radius 2 is 2.18 bits per heavy atom. The summed E-state index contributed by atoms with van der Waals surface area (Å²) in [5, 5.41) is 4.07. The molecule has 1 aromatic rings. The molecule has 1 aliphatic carbocycles. The lowest BCUT2D eigenvalue weighted by Gasteiger charge is -2.20. The molecule has 0 spiro atoms. The molecule has 0 aliphatic heterocycles. The standard InChI is InChI=1S/C12H20N4S/c1-9-12(17-16-15-9)11(14-13)10-7-5-3-2-4-6-8-10/h7,11,14H,2-6,8,13H2,1H3. The van der Waals surface area contributed by atoms with Crippen LogP contribution in [0.1, 0.15) is 55.1 Å². The van der Waals surface area contributed by atoms with Crippen molar-refractivity contribution in [1.29, 1.82) is 0 Å². The van der Waals surface area contributed by atoms with Crippen molar-refractivity contribution in [2.75, 3.05) is 0 Å². The highest BCUT2D eigenvalue weighted by atomic mass is 32.1. The van der Waals surface area contributed by atoms with E-state index in [1.165, 1.54) is 49.2 Å². The molecule has 4 nitrogen and oxygen atoms in total. The van der Waals surface area contributed by atoms with Gasteiger partial charge < -0.3 is 0 Å². The monoisotopic (exact) mass is 252 g/mol. The van der Waals surface area contributed by atoms with Crippen LogP contribution in [-0.2, 0) is 0 Å². The van der Waals surface area contributed by atoms with Crippen molar-refractivity contribution in [2.45, 2.75) is 51.5 Å². The third-order valence-electron chi connectivity index (χ3n) is 3.31. The van der Waals surface area contributed by atoms with Crippen molar-refractivity contribution < 1.29 is 0 Å². The summed E-state index contributed by atoms with van der Waals surface area (Å²) in [5.41, 5.74) is 5.32. The number of rotatable bonds is 3. The van der Waals surface area contributed by atoms with Gasteiger partial charge in [0.15, 0.2) is 0 Å². The van der Waals surface area contributed by atoms with Crippen molar-refractivity contribution >= 4 is 11.5 Å². The summed E-state index contributed by atoms with van der Waals surface area (Å²) in [7, 11) is 0. The van der Waals surface area contributed by atoms with Gasteiger partial charge in [0.05, 0.1) is 16.6 Å². The zero-order valence-corrected chi connectivity index (χ0v) is 11.1. The Balaban J connectivity index is 2.19. The van der Waals surface area contributed by atoms with Crippen LogP contribution in [0.3, 0.4) is 0 Å². The maximum absolute atomic E-state index is 5.71. The zero-order valence-electron chi connectivity index (χ0n) is 10.3. The van der Waals surface area contributed by atoms with Gasteiger partial charge >= 0.3 is 0 Å². The molecule has 17 heavy (non-hydrogen) atoms. The Morgan fingerprint density at radius 1 is 1.35 bits per heavy atom. The molecule has 0 amide bonds. The molecular weight excluding hydrogens is 232 g/mol. The summed E-state index contributed by atoms with van der Waals surface area (Å²) in [5.74, 6) is 5.71. The van der Waals surface area contributed by atoms with Crippen LogP contribution in [0.5, 0.6) is 0 Å². The Labute approximate surface area is 106 Å². The molecule has 3 N–H and O–H groups in total. The number of hydrogen-bond donors (Lipinski definition) is 2. The van der Waals surface area contributed by atoms with Crippen LogP contribution in [0.2, 0.25) is 0 Å². The van der Waals surface area contributed by atoms with Gasteiger partial charge in [-0.25, -0.2) is 5.43 Å². The normalized spacial score (nSPS) is 19.3. The Hall–Kier alpha value is -0.780. The number of aromatic nitrogens is 2. The second-order valence-corrected chi connectivity index (χ2v) is 5.34. The predicted molar refractivity (Wildman–Crippen MR) is 70.5 cm³/mol. The summed E-state index contributed by atoms with van der Waals surface area (Å²) < 4.78 is 4.00. The molecule has 1 aliphatic rings. The van der Waals surface area contributed by atoms with E-state index in [1.54, 1.807) is 0 Å². The molecule has 0 saturated carbocycles. The summed E-state index contributed by atoms with van der Waals surface area (Å²) >= 11 is 1.44. The fourth-order valence-corrected chi connectivity index (χ4v) is 3.08. The van der Waals surface area contributed by atoms with Gasteiger partial charge in [-0.05, 0) is 44.1 Å². The van der Waals surface area contributed by atoms with E-state index < -0.39 is 0 Å². The van der Waals surface area contributed by atoms with Gasteiger partial charge in [0, 0.05) is 0 Å². The molecule has 5 heteroatoms. The predicted octanol–water partition coefficient (Wildman–Crippen LogP) is 2.63. The number of nitrogens with zero attached hydrogens (tertiary/aromatic N) is 2. The molecule has 94 valence electrons. The quantitative estimate of drug-likeness (QED) is 0.493. The smallest absolute Gasteiger partial charge is 0.0797 e. The van der Waals surface area contributed by atoms with Gasteiger partial charge in [-0.1, -0.05) is 29.0 Å². The van der Waals surface area contributed by atoms with E-state index in [0.717, 1.165) is 17.0 Å². The Morgan fingerprint density at radius 3 is 2.88 bits per heavy atom. The molecular formula is C12H20N4S. The van der Waals surface area contributed by atoms with Crippen molar-refractivity contribution in [3.8, 4) is 0 Å². The number of nitrogens with one attached hydrogen (secondary N) is 1.